The van der Waals surface area contributed by atoms with Gasteiger partial charge in [-0.05, 0) is 54.5 Å². The number of ether oxygens (including phenoxy) is 2. The third kappa shape index (κ3) is 4.19. The van der Waals surface area contributed by atoms with Gasteiger partial charge in [-0.2, -0.15) is 0 Å². The van der Waals surface area contributed by atoms with E-state index >= 15 is 0 Å². The molecule has 2 N–H and O–H groups in total. The van der Waals surface area contributed by atoms with E-state index in [2.05, 4.69) is 17.6 Å². The lowest BCUT2D eigenvalue weighted by atomic mass is 9.88. The maximum absolute atomic E-state index is 13.0. The van der Waals surface area contributed by atoms with Gasteiger partial charge in [0.15, 0.2) is 11.5 Å². The fourth-order valence-electron chi connectivity index (χ4n) is 4.54. The Hall–Kier alpha value is -4.19. The topological polar surface area (TPSA) is 146 Å². The molecule has 2 aromatic carbocycles. The van der Waals surface area contributed by atoms with E-state index in [-0.39, 0.29) is 23.2 Å². The first kappa shape index (κ1) is 23.5. The number of non-ortho nitro benzene ring substituents is 1. The summed E-state index contributed by atoms with van der Waals surface area (Å²) in [5.74, 6) is 0.771. The van der Waals surface area contributed by atoms with Crippen LogP contribution in [0.3, 0.4) is 0 Å². The minimum absolute atomic E-state index is 0.124. The van der Waals surface area contributed by atoms with Crippen LogP contribution in [-0.2, 0) is 12.8 Å². The number of amides is 1. The van der Waals surface area contributed by atoms with E-state index in [1.165, 1.54) is 18.1 Å². The van der Waals surface area contributed by atoms with Crippen molar-refractivity contribution in [2.24, 2.45) is 5.92 Å². The molecule has 2 heterocycles. The van der Waals surface area contributed by atoms with Crippen molar-refractivity contribution in [1.82, 2.24) is 5.32 Å². The van der Waals surface area contributed by atoms with Crippen molar-refractivity contribution >= 4 is 33.6 Å². The summed E-state index contributed by atoms with van der Waals surface area (Å²) in [6.07, 6.45) is 2.44. The molecule has 0 fully saturated rings. The molecule has 0 radical (unpaired) electrons. The highest BCUT2D eigenvalue weighted by molar-refractivity contribution is 7.16. The van der Waals surface area contributed by atoms with Crippen molar-refractivity contribution in [2.75, 3.05) is 12.4 Å². The van der Waals surface area contributed by atoms with Crippen LogP contribution in [0.15, 0.2) is 36.4 Å². The number of thiophene rings is 1. The van der Waals surface area contributed by atoms with Crippen LogP contribution in [0.2, 0.25) is 0 Å². The first-order valence-electron chi connectivity index (χ1n) is 11.3. The van der Waals surface area contributed by atoms with Crippen LogP contribution in [-0.4, -0.2) is 22.9 Å². The number of hydrogen-bond donors (Lipinski definition) is 2. The molecule has 186 valence electrons. The second kappa shape index (κ2) is 9.11. The Morgan fingerprint density at radius 3 is 2.53 bits per heavy atom. The lowest BCUT2D eigenvalue weighted by Gasteiger charge is -2.27. The Morgan fingerprint density at radius 2 is 1.81 bits per heavy atom. The minimum Gasteiger partial charge on any atom is -0.493 e. The van der Waals surface area contributed by atoms with Crippen molar-refractivity contribution < 1.29 is 24.1 Å². The molecular weight excluding hydrogens is 488 g/mol. The van der Waals surface area contributed by atoms with Crippen molar-refractivity contribution in [3.8, 4) is 17.2 Å². The number of fused-ring (bicyclic) bond motifs is 3. The second-order valence-corrected chi connectivity index (χ2v) is 9.89. The molecule has 2 atom stereocenters. The van der Waals surface area contributed by atoms with Gasteiger partial charge in [0.2, 0.25) is 5.75 Å². The van der Waals surface area contributed by atoms with Crippen molar-refractivity contribution in [3.63, 3.8) is 0 Å². The summed E-state index contributed by atoms with van der Waals surface area (Å²) in [6, 6.07) is 8.11. The first-order valence-corrected chi connectivity index (χ1v) is 12.1. The number of anilines is 1. The summed E-state index contributed by atoms with van der Waals surface area (Å²) in [5, 5.41) is 29.7. The molecule has 0 spiro atoms. The predicted octanol–water partition coefficient (Wildman–Crippen LogP) is 5.34. The number of carbonyl (C=O) groups excluding carboxylic acids is 1. The highest BCUT2D eigenvalue weighted by Gasteiger charge is 2.33. The van der Waals surface area contributed by atoms with Crippen LogP contribution in [0.4, 0.5) is 16.4 Å². The Bertz CT molecular complexity index is 1400. The molecule has 3 aromatic rings. The van der Waals surface area contributed by atoms with Crippen molar-refractivity contribution in [3.05, 3.63) is 78.2 Å². The molecule has 0 saturated carbocycles. The van der Waals surface area contributed by atoms with Crippen LogP contribution in [0, 0.1) is 26.1 Å². The molecule has 0 unspecified atom stereocenters. The van der Waals surface area contributed by atoms with Gasteiger partial charge in [-0.25, -0.2) is 0 Å². The van der Waals surface area contributed by atoms with Crippen LogP contribution in [0.5, 0.6) is 17.2 Å². The number of hydrogen-bond acceptors (Lipinski definition) is 9. The fraction of sp³-hybridized carbons (Fsp3) is 0.292. The highest BCUT2D eigenvalue weighted by atomic mass is 32.1. The van der Waals surface area contributed by atoms with E-state index in [1.54, 1.807) is 29.5 Å². The molecule has 5 rings (SSSR count). The zero-order valence-corrected chi connectivity index (χ0v) is 20.2. The molecule has 11 nitrogen and oxygen atoms in total. The zero-order chi connectivity index (χ0) is 25.6. The van der Waals surface area contributed by atoms with Crippen molar-refractivity contribution in [2.45, 2.75) is 32.4 Å². The van der Waals surface area contributed by atoms with E-state index < -0.39 is 27.4 Å². The average Bonchev–Trinajstić information content (AvgIpc) is 3.22. The van der Waals surface area contributed by atoms with Gasteiger partial charge in [0, 0.05) is 10.9 Å². The summed E-state index contributed by atoms with van der Waals surface area (Å²) in [6.45, 7) is 2.22. The van der Waals surface area contributed by atoms with Gasteiger partial charge >= 0.3 is 5.69 Å². The van der Waals surface area contributed by atoms with E-state index in [4.69, 9.17) is 9.47 Å². The Kier molecular flexibility index (Phi) is 5.96. The van der Waals surface area contributed by atoms with Gasteiger partial charge in [-0.3, -0.25) is 25.0 Å². The molecule has 1 aromatic heterocycles. The van der Waals surface area contributed by atoms with Gasteiger partial charge in [0.1, 0.15) is 11.2 Å². The number of rotatable bonds is 6. The van der Waals surface area contributed by atoms with Gasteiger partial charge in [-0.1, -0.05) is 13.0 Å². The first-order chi connectivity index (χ1) is 17.2. The molecule has 1 amide bonds. The van der Waals surface area contributed by atoms with Crippen LogP contribution < -0.4 is 20.1 Å². The van der Waals surface area contributed by atoms with E-state index in [0.29, 0.717) is 11.5 Å². The van der Waals surface area contributed by atoms with Crippen LogP contribution in [0.25, 0.3) is 0 Å². The minimum atomic E-state index is -0.746. The number of nitrogens with zero attached hydrogens (tertiary/aromatic N) is 2. The van der Waals surface area contributed by atoms with Gasteiger partial charge in [0.05, 0.1) is 28.6 Å². The summed E-state index contributed by atoms with van der Waals surface area (Å²) in [7, 11) is 1.43. The Balaban J connectivity index is 1.42. The third-order valence-corrected chi connectivity index (χ3v) is 7.57. The second-order valence-electron chi connectivity index (χ2n) is 8.79. The normalized spacial score (nSPS) is 18.3. The van der Waals surface area contributed by atoms with Crippen LogP contribution in [0.1, 0.15) is 45.9 Å². The van der Waals surface area contributed by atoms with Gasteiger partial charge in [-0.15, -0.1) is 11.3 Å². The summed E-state index contributed by atoms with van der Waals surface area (Å²) < 4.78 is 11.2. The number of carbonyl (C=O) groups is 1. The summed E-state index contributed by atoms with van der Waals surface area (Å²) in [5.41, 5.74) is 1.62. The van der Waals surface area contributed by atoms with E-state index in [0.717, 1.165) is 47.5 Å². The quantitative estimate of drug-likeness (QED) is 0.334. The molecule has 0 bridgehead atoms. The Labute approximate surface area is 209 Å². The highest BCUT2D eigenvalue weighted by Crippen LogP contribution is 2.44. The van der Waals surface area contributed by atoms with Gasteiger partial charge < -0.3 is 20.1 Å². The predicted molar refractivity (Wildman–Crippen MR) is 132 cm³/mol. The lowest BCUT2D eigenvalue weighted by Crippen LogP contribution is -2.38. The molecular formula is C24H22N4O7S. The molecule has 36 heavy (non-hydrogen) atoms. The van der Waals surface area contributed by atoms with Crippen LogP contribution >= 0.6 is 11.3 Å². The smallest absolute Gasteiger partial charge is 0.318 e. The maximum atomic E-state index is 13.0. The molecule has 12 heteroatoms. The molecule has 0 saturated heterocycles. The monoisotopic (exact) mass is 510 g/mol. The number of benzene rings is 2. The average molecular weight is 511 g/mol. The summed E-state index contributed by atoms with van der Waals surface area (Å²) in [4.78, 5) is 35.2. The third-order valence-electron chi connectivity index (χ3n) is 6.38. The van der Waals surface area contributed by atoms with Crippen molar-refractivity contribution in [1.29, 1.82) is 0 Å². The standard InChI is InChI=1S/C24H22N4O7S/c1-12-3-6-15-20(9-12)36-24-21(15)23(29)25-22(26-24)13-4-7-18(19(10-13)34-2)35-17-8-5-14(27(30)31)11-16(17)28(32)33/h4-5,7-8,10-12,22,26H,3,6,9H2,1-2H3,(H,25,29)/t12-,22-/m1/s1. The summed E-state index contributed by atoms with van der Waals surface area (Å²) >= 11 is 1.63. The lowest BCUT2D eigenvalue weighted by molar-refractivity contribution is -0.394. The molecule has 2 aliphatic rings. The maximum Gasteiger partial charge on any atom is 0.318 e. The number of nitrogens with one attached hydrogen (secondary N) is 2. The molecule has 1 aliphatic carbocycles. The zero-order valence-electron chi connectivity index (χ0n) is 19.4. The number of nitro benzene ring substituents is 2. The Morgan fingerprint density at radius 1 is 1.03 bits per heavy atom. The largest absolute Gasteiger partial charge is 0.493 e. The molecule has 1 aliphatic heterocycles. The van der Waals surface area contributed by atoms with Gasteiger partial charge in [0.25, 0.3) is 11.6 Å². The van der Waals surface area contributed by atoms with E-state index in [9.17, 15) is 25.0 Å². The fourth-order valence-corrected chi connectivity index (χ4v) is 5.98. The number of nitro groups is 2. The van der Waals surface area contributed by atoms with E-state index in [1.807, 2.05) is 0 Å². The number of methoxy groups -OCH3 is 1. The SMILES string of the molecule is COc1cc([C@@H]2NC(=O)c3c(sc4c3CC[C@@H](C)C4)N2)ccc1Oc1ccc([N+](=O)[O-])cc1[N+](=O)[O-].